The highest BCUT2D eigenvalue weighted by molar-refractivity contribution is 5.89. The molecule has 0 saturated carbocycles. The van der Waals surface area contributed by atoms with Crippen LogP contribution in [0.1, 0.15) is 25.3 Å². The second kappa shape index (κ2) is 6.92. The molecule has 1 aromatic carbocycles. The molecule has 112 valence electrons. The number of carboxylic acid groups (broad SMARTS) is 1. The van der Waals surface area contributed by atoms with E-state index in [1.807, 2.05) is 28.8 Å². The Morgan fingerprint density at radius 3 is 2.76 bits per heavy atom. The Morgan fingerprint density at radius 1 is 1.29 bits per heavy atom. The molecule has 1 amide bonds. The molecule has 0 aliphatic rings. The van der Waals surface area contributed by atoms with Crippen LogP contribution in [0.2, 0.25) is 0 Å². The minimum absolute atomic E-state index is 0.0367. The molecular formula is C16H20N2O3. The number of unbranched alkanes of at least 4 members (excludes halogenated alkanes) is 1. The van der Waals surface area contributed by atoms with E-state index in [1.165, 1.54) is 0 Å². The van der Waals surface area contributed by atoms with Crippen LogP contribution < -0.4 is 5.32 Å². The van der Waals surface area contributed by atoms with Gasteiger partial charge in [-0.2, -0.15) is 0 Å². The molecule has 0 aliphatic carbocycles. The average Bonchev–Trinajstić information content (AvgIpc) is 2.77. The summed E-state index contributed by atoms with van der Waals surface area (Å²) in [6.07, 6.45) is 3.72. The zero-order chi connectivity index (χ0) is 15.2. The van der Waals surface area contributed by atoms with Crippen molar-refractivity contribution in [2.24, 2.45) is 0 Å². The molecule has 1 heterocycles. The van der Waals surface area contributed by atoms with Crippen LogP contribution >= 0.6 is 0 Å². The molecule has 0 spiro atoms. The second-order valence-electron chi connectivity index (χ2n) is 5.07. The lowest BCUT2D eigenvalue weighted by atomic mass is 10.1. The highest BCUT2D eigenvalue weighted by atomic mass is 16.4. The van der Waals surface area contributed by atoms with Crippen LogP contribution in [0, 0.1) is 0 Å². The second-order valence-corrected chi connectivity index (χ2v) is 5.07. The number of fused-ring (bicyclic) bond motifs is 1. The molecule has 21 heavy (non-hydrogen) atoms. The molecular weight excluding hydrogens is 268 g/mol. The van der Waals surface area contributed by atoms with Crippen LogP contribution in [0.3, 0.4) is 0 Å². The molecule has 0 atom stereocenters. The number of carbonyl (C=O) groups excluding carboxylic acids is 1. The van der Waals surface area contributed by atoms with Crippen molar-refractivity contribution in [1.29, 1.82) is 0 Å². The number of hydrogen-bond donors (Lipinski definition) is 2. The van der Waals surface area contributed by atoms with Crippen LogP contribution in [-0.4, -0.2) is 28.1 Å². The van der Waals surface area contributed by atoms with Gasteiger partial charge in [0, 0.05) is 23.6 Å². The number of nitrogens with zero attached hydrogens (tertiary/aromatic N) is 1. The average molecular weight is 288 g/mol. The summed E-state index contributed by atoms with van der Waals surface area (Å²) in [4.78, 5) is 22.8. The third-order valence-electron chi connectivity index (χ3n) is 3.38. The number of benzene rings is 1. The molecule has 1 aromatic heterocycles. The van der Waals surface area contributed by atoms with Crippen LogP contribution in [0.25, 0.3) is 10.9 Å². The van der Waals surface area contributed by atoms with Gasteiger partial charge >= 0.3 is 5.97 Å². The molecule has 0 saturated heterocycles. The van der Waals surface area contributed by atoms with E-state index in [4.69, 9.17) is 5.11 Å². The first-order chi connectivity index (χ1) is 10.1. The molecule has 2 N–H and O–H groups in total. The Kier molecular flexibility index (Phi) is 4.98. The fraction of sp³-hybridized carbons (Fsp3) is 0.375. The highest BCUT2D eigenvalue weighted by Gasteiger charge is 2.12. The van der Waals surface area contributed by atoms with E-state index in [9.17, 15) is 9.59 Å². The summed E-state index contributed by atoms with van der Waals surface area (Å²) in [5.74, 6) is -0.920. The summed E-state index contributed by atoms with van der Waals surface area (Å²) in [7, 11) is 0. The Morgan fingerprint density at radius 2 is 2.05 bits per heavy atom. The van der Waals surface area contributed by atoms with E-state index in [0.717, 1.165) is 29.3 Å². The maximum atomic E-state index is 11.9. The van der Waals surface area contributed by atoms with E-state index < -0.39 is 5.97 Å². The molecule has 0 bridgehead atoms. The molecule has 5 nitrogen and oxygen atoms in total. The van der Waals surface area contributed by atoms with Crippen molar-refractivity contribution in [3.63, 3.8) is 0 Å². The fourth-order valence-electron chi connectivity index (χ4n) is 2.37. The summed E-state index contributed by atoms with van der Waals surface area (Å²) < 4.78 is 1.81. The third-order valence-corrected chi connectivity index (χ3v) is 3.38. The predicted octanol–water partition coefficient (Wildman–Crippen LogP) is 2.18. The minimum Gasteiger partial charge on any atom is -0.481 e. The van der Waals surface area contributed by atoms with Crippen LogP contribution in [0.15, 0.2) is 30.5 Å². The number of hydrogen-bond acceptors (Lipinski definition) is 2. The van der Waals surface area contributed by atoms with E-state index in [-0.39, 0.29) is 18.9 Å². The smallest absolute Gasteiger partial charge is 0.307 e. The number of amides is 1. The molecule has 5 heteroatoms. The SMILES string of the molecule is CCCCNC(=O)Cn1cc(CC(=O)O)c2ccccc21. The van der Waals surface area contributed by atoms with Gasteiger partial charge in [0.25, 0.3) is 0 Å². The molecule has 0 fully saturated rings. The quantitative estimate of drug-likeness (QED) is 0.767. The summed E-state index contributed by atoms with van der Waals surface area (Å²) >= 11 is 0. The molecule has 2 aromatic rings. The van der Waals surface area contributed by atoms with E-state index in [0.29, 0.717) is 6.54 Å². The lowest BCUT2D eigenvalue weighted by Gasteiger charge is -2.06. The van der Waals surface area contributed by atoms with Crippen molar-refractivity contribution in [2.45, 2.75) is 32.7 Å². The number of para-hydroxylation sites is 1. The number of carbonyl (C=O) groups is 2. The lowest BCUT2D eigenvalue weighted by Crippen LogP contribution is -2.28. The number of carboxylic acids is 1. The standard InChI is InChI=1S/C16H20N2O3/c1-2-3-8-17-15(19)11-18-10-12(9-16(20)21)13-6-4-5-7-14(13)18/h4-7,10H,2-3,8-9,11H2,1H3,(H,17,19)(H,20,21). The van der Waals surface area contributed by atoms with Crippen molar-refractivity contribution in [3.8, 4) is 0 Å². The normalized spacial score (nSPS) is 10.7. The number of rotatable bonds is 7. The van der Waals surface area contributed by atoms with Crippen molar-refractivity contribution < 1.29 is 14.7 Å². The Balaban J connectivity index is 2.19. The van der Waals surface area contributed by atoms with Gasteiger partial charge in [0.1, 0.15) is 6.54 Å². The number of aromatic nitrogens is 1. The van der Waals surface area contributed by atoms with Crippen LogP contribution in [0.4, 0.5) is 0 Å². The Hall–Kier alpha value is -2.30. The minimum atomic E-state index is -0.870. The van der Waals surface area contributed by atoms with Crippen LogP contribution in [-0.2, 0) is 22.6 Å². The van der Waals surface area contributed by atoms with Gasteiger partial charge in [0.05, 0.1) is 6.42 Å². The first kappa shape index (κ1) is 15.1. The van der Waals surface area contributed by atoms with Crippen molar-refractivity contribution in [2.75, 3.05) is 6.54 Å². The summed E-state index contributed by atoms with van der Waals surface area (Å²) in [6, 6.07) is 7.55. The zero-order valence-electron chi connectivity index (χ0n) is 12.1. The molecule has 2 rings (SSSR count). The van der Waals surface area contributed by atoms with Gasteiger partial charge in [-0.1, -0.05) is 31.5 Å². The molecule has 0 aliphatic heterocycles. The zero-order valence-corrected chi connectivity index (χ0v) is 12.1. The molecule has 0 radical (unpaired) electrons. The first-order valence-corrected chi connectivity index (χ1v) is 7.17. The van der Waals surface area contributed by atoms with Gasteiger partial charge in [0.15, 0.2) is 0 Å². The first-order valence-electron chi connectivity index (χ1n) is 7.17. The van der Waals surface area contributed by atoms with Gasteiger partial charge in [-0.15, -0.1) is 0 Å². The van der Waals surface area contributed by atoms with E-state index >= 15 is 0 Å². The maximum Gasteiger partial charge on any atom is 0.307 e. The van der Waals surface area contributed by atoms with Gasteiger partial charge in [-0.05, 0) is 18.1 Å². The predicted molar refractivity (Wildman–Crippen MR) is 81.2 cm³/mol. The Bertz CT molecular complexity index is 646. The topological polar surface area (TPSA) is 71.3 Å². The lowest BCUT2D eigenvalue weighted by molar-refractivity contribution is -0.136. The molecule has 0 unspecified atom stereocenters. The highest BCUT2D eigenvalue weighted by Crippen LogP contribution is 2.21. The van der Waals surface area contributed by atoms with Gasteiger partial charge in [-0.25, -0.2) is 0 Å². The van der Waals surface area contributed by atoms with Crippen molar-refractivity contribution in [3.05, 3.63) is 36.0 Å². The van der Waals surface area contributed by atoms with Crippen molar-refractivity contribution >= 4 is 22.8 Å². The monoisotopic (exact) mass is 288 g/mol. The third kappa shape index (κ3) is 3.84. The largest absolute Gasteiger partial charge is 0.481 e. The Labute approximate surface area is 123 Å². The van der Waals surface area contributed by atoms with Gasteiger partial charge in [0.2, 0.25) is 5.91 Å². The number of nitrogens with one attached hydrogen (secondary N) is 1. The fourth-order valence-corrected chi connectivity index (χ4v) is 2.37. The summed E-state index contributed by atoms with van der Waals surface area (Å²) in [5.41, 5.74) is 1.62. The summed E-state index contributed by atoms with van der Waals surface area (Å²) in [6.45, 7) is 2.96. The van der Waals surface area contributed by atoms with E-state index in [1.54, 1.807) is 6.20 Å². The summed E-state index contributed by atoms with van der Waals surface area (Å²) in [5, 5.41) is 12.7. The van der Waals surface area contributed by atoms with Crippen molar-refractivity contribution in [1.82, 2.24) is 9.88 Å². The van der Waals surface area contributed by atoms with Gasteiger partial charge < -0.3 is 15.0 Å². The van der Waals surface area contributed by atoms with Gasteiger partial charge in [-0.3, -0.25) is 9.59 Å². The van der Waals surface area contributed by atoms with Crippen LogP contribution in [0.5, 0.6) is 0 Å². The van der Waals surface area contributed by atoms with E-state index in [2.05, 4.69) is 12.2 Å². The number of aliphatic carboxylic acids is 1. The maximum absolute atomic E-state index is 11.9.